The fourth-order valence-electron chi connectivity index (χ4n) is 4.39. The molecule has 1 amide bonds. The molecule has 1 atom stereocenters. The van der Waals surface area contributed by atoms with Gasteiger partial charge in [-0.3, -0.25) is 14.5 Å². The topological polar surface area (TPSA) is 79.7 Å². The highest BCUT2D eigenvalue weighted by Gasteiger charge is 2.48. The first kappa shape index (κ1) is 26.2. The number of unbranched alkanes of at least 4 members (excludes halogenated alkanes) is 2. The molecule has 0 aliphatic carbocycles. The first-order valence-electron chi connectivity index (χ1n) is 12.2. The zero-order valence-electron chi connectivity index (χ0n) is 20.5. The largest absolute Gasteiger partial charge is 0.507 e. The molecule has 0 radical (unpaired) electrons. The van der Waals surface area contributed by atoms with Gasteiger partial charge in [-0.25, -0.2) is 4.98 Å². The Hall–Kier alpha value is -3.39. The number of amides is 1. The molecule has 1 aliphatic rings. The van der Waals surface area contributed by atoms with Gasteiger partial charge in [0.2, 0.25) is 0 Å². The molecule has 194 valence electrons. The second kappa shape index (κ2) is 11.2. The van der Waals surface area contributed by atoms with E-state index in [1.165, 1.54) is 16.2 Å². The van der Waals surface area contributed by atoms with Gasteiger partial charge in [-0.1, -0.05) is 66.4 Å². The molecule has 1 saturated heterocycles. The molecule has 1 unspecified atom stereocenters. The van der Waals surface area contributed by atoms with Crippen molar-refractivity contribution in [1.82, 2.24) is 4.98 Å². The minimum Gasteiger partial charge on any atom is -0.507 e. The predicted octanol–water partition coefficient (Wildman–Crippen LogP) is 7.80. The van der Waals surface area contributed by atoms with Gasteiger partial charge in [0.15, 0.2) is 5.13 Å². The van der Waals surface area contributed by atoms with Crippen LogP contribution in [0.2, 0.25) is 10.0 Å². The first-order chi connectivity index (χ1) is 18.4. The summed E-state index contributed by atoms with van der Waals surface area (Å²) in [4.78, 5) is 32.8. The number of rotatable bonds is 8. The molecule has 9 heteroatoms. The summed E-state index contributed by atoms with van der Waals surface area (Å²) in [5.41, 5.74) is 1.65. The molecule has 38 heavy (non-hydrogen) atoms. The van der Waals surface area contributed by atoms with Crippen LogP contribution in [0, 0.1) is 0 Å². The SMILES string of the molecule is CCCCCOc1ccc(C2C(=C(O)c3ccc(Cl)cc3)C(=O)C(=O)N2c2nc3ccc(Cl)cc3s2)cc1. The number of carbonyl (C=O) groups excluding carboxylic acids is 2. The van der Waals surface area contributed by atoms with Gasteiger partial charge in [0, 0.05) is 15.6 Å². The standard InChI is InChI=1S/C29H24Cl2N2O4S/c1-2-3-4-15-37-21-12-7-17(8-13-21)25-24(26(34)18-5-9-19(30)10-6-18)27(35)28(36)33(25)29-32-22-14-11-20(31)16-23(22)38-29/h5-14,16,25,34H,2-4,15H2,1H3. The maximum absolute atomic E-state index is 13.4. The Morgan fingerprint density at radius 1 is 1.00 bits per heavy atom. The summed E-state index contributed by atoms with van der Waals surface area (Å²) in [6.07, 6.45) is 3.15. The molecule has 5 rings (SSSR count). The average Bonchev–Trinajstić information content (AvgIpc) is 3.44. The van der Waals surface area contributed by atoms with E-state index in [0.29, 0.717) is 44.2 Å². The lowest BCUT2D eigenvalue weighted by Crippen LogP contribution is -2.29. The highest BCUT2D eigenvalue weighted by Crippen LogP contribution is 2.44. The number of halogens is 2. The molecule has 1 aromatic heterocycles. The van der Waals surface area contributed by atoms with Crippen LogP contribution in [-0.4, -0.2) is 28.4 Å². The summed E-state index contributed by atoms with van der Waals surface area (Å²) in [5, 5.41) is 12.6. The number of fused-ring (bicyclic) bond motifs is 1. The molecule has 1 fully saturated rings. The molecule has 0 bridgehead atoms. The average molecular weight is 567 g/mol. The van der Waals surface area contributed by atoms with Gasteiger partial charge < -0.3 is 9.84 Å². The molecule has 1 aliphatic heterocycles. The van der Waals surface area contributed by atoms with E-state index >= 15 is 0 Å². The van der Waals surface area contributed by atoms with Gasteiger partial charge >= 0.3 is 5.91 Å². The Bertz CT molecular complexity index is 1530. The molecular formula is C29H24Cl2N2O4S. The van der Waals surface area contributed by atoms with Crippen LogP contribution in [0.15, 0.2) is 72.3 Å². The van der Waals surface area contributed by atoms with Crippen molar-refractivity contribution < 1.29 is 19.4 Å². The van der Waals surface area contributed by atoms with Gasteiger partial charge in [-0.15, -0.1) is 0 Å². The van der Waals surface area contributed by atoms with Gasteiger partial charge in [0.1, 0.15) is 11.5 Å². The van der Waals surface area contributed by atoms with Crippen molar-refractivity contribution in [1.29, 1.82) is 0 Å². The molecule has 2 heterocycles. The number of nitrogens with zero attached hydrogens (tertiary/aromatic N) is 2. The van der Waals surface area contributed by atoms with E-state index in [1.807, 2.05) is 12.1 Å². The van der Waals surface area contributed by atoms with Crippen molar-refractivity contribution >= 4 is 67.3 Å². The number of Topliss-reactive ketones (excluding diaryl/α,β-unsaturated/α-hetero) is 1. The summed E-state index contributed by atoms with van der Waals surface area (Å²) in [5.74, 6) is -1.15. The van der Waals surface area contributed by atoms with Crippen molar-refractivity contribution in [2.24, 2.45) is 0 Å². The van der Waals surface area contributed by atoms with E-state index < -0.39 is 17.7 Å². The van der Waals surface area contributed by atoms with Crippen LogP contribution >= 0.6 is 34.5 Å². The monoisotopic (exact) mass is 566 g/mol. The Morgan fingerprint density at radius 3 is 2.42 bits per heavy atom. The predicted molar refractivity (Wildman–Crippen MR) is 152 cm³/mol. The fourth-order valence-corrected chi connectivity index (χ4v) is 5.78. The molecule has 0 spiro atoms. The summed E-state index contributed by atoms with van der Waals surface area (Å²) in [7, 11) is 0. The van der Waals surface area contributed by atoms with Crippen molar-refractivity contribution in [2.75, 3.05) is 11.5 Å². The third kappa shape index (κ3) is 5.14. The normalized spacial score (nSPS) is 16.9. The quantitative estimate of drug-likeness (QED) is 0.102. The molecule has 4 aromatic rings. The van der Waals surface area contributed by atoms with Crippen LogP contribution in [0.5, 0.6) is 5.75 Å². The minimum absolute atomic E-state index is 0.0220. The fraction of sp³-hybridized carbons (Fsp3) is 0.207. The molecule has 6 nitrogen and oxygen atoms in total. The van der Waals surface area contributed by atoms with Gasteiger partial charge in [-0.2, -0.15) is 0 Å². The van der Waals surface area contributed by atoms with Crippen LogP contribution in [0.25, 0.3) is 16.0 Å². The second-order valence-corrected chi connectivity index (χ2v) is 10.8. The van der Waals surface area contributed by atoms with Crippen LogP contribution in [0.3, 0.4) is 0 Å². The van der Waals surface area contributed by atoms with E-state index in [2.05, 4.69) is 11.9 Å². The molecule has 0 saturated carbocycles. The lowest BCUT2D eigenvalue weighted by Gasteiger charge is -2.23. The van der Waals surface area contributed by atoms with Crippen molar-refractivity contribution in [3.8, 4) is 5.75 Å². The van der Waals surface area contributed by atoms with Crippen LogP contribution in [-0.2, 0) is 9.59 Å². The van der Waals surface area contributed by atoms with E-state index in [1.54, 1.807) is 54.6 Å². The van der Waals surface area contributed by atoms with E-state index in [9.17, 15) is 14.7 Å². The number of benzene rings is 3. The lowest BCUT2D eigenvalue weighted by molar-refractivity contribution is -0.132. The maximum atomic E-state index is 13.4. The number of aliphatic hydroxyl groups is 1. The number of anilines is 1. The number of carbonyl (C=O) groups is 2. The Kier molecular flexibility index (Phi) is 7.70. The number of hydrogen-bond donors (Lipinski definition) is 1. The highest BCUT2D eigenvalue weighted by atomic mass is 35.5. The zero-order valence-corrected chi connectivity index (χ0v) is 22.8. The lowest BCUT2D eigenvalue weighted by atomic mass is 9.95. The molecular weight excluding hydrogens is 543 g/mol. The van der Waals surface area contributed by atoms with E-state index in [0.717, 1.165) is 24.0 Å². The first-order valence-corrected chi connectivity index (χ1v) is 13.8. The molecule has 3 aromatic carbocycles. The summed E-state index contributed by atoms with van der Waals surface area (Å²) in [6, 6.07) is 18.0. The highest BCUT2D eigenvalue weighted by molar-refractivity contribution is 7.22. The molecule has 1 N–H and O–H groups in total. The van der Waals surface area contributed by atoms with Gasteiger partial charge in [0.05, 0.1) is 28.4 Å². The smallest absolute Gasteiger partial charge is 0.301 e. The maximum Gasteiger partial charge on any atom is 0.301 e. The van der Waals surface area contributed by atoms with Crippen molar-refractivity contribution in [2.45, 2.75) is 32.2 Å². The zero-order chi connectivity index (χ0) is 26.8. The summed E-state index contributed by atoms with van der Waals surface area (Å²) in [6.45, 7) is 2.74. The number of hydrogen-bond acceptors (Lipinski definition) is 6. The second-order valence-electron chi connectivity index (χ2n) is 8.91. The number of ketones is 1. The summed E-state index contributed by atoms with van der Waals surface area (Å²) < 4.78 is 6.62. The summed E-state index contributed by atoms with van der Waals surface area (Å²) >= 11 is 13.4. The Balaban J connectivity index is 1.60. The third-order valence-corrected chi connectivity index (χ3v) is 7.82. The van der Waals surface area contributed by atoms with E-state index in [-0.39, 0.29) is 11.3 Å². The third-order valence-electron chi connectivity index (χ3n) is 6.32. The van der Waals surface area contributed by atoms with Gasteiger partial charge in [-0.05, 0) is 66.6 Å². The van der Waals surface area contributed by atoms with E-state index in [4.69, 9.17) is 27.9 Å². The van der Waals surface area contributed by atoms with Crippen LogP contribution in [0.4, 0.5) is 5.13 Å². The van der Waals surface area contributed by atoms with Crippen molar-refractivity contribution in [3.63, 3.8) is 0 Å². The number of thiazole rings is 1. The number of aliphatic hydroxyl groups excluding tert-OH is 1. The van der Waals surface area contributed by atoms with Crippen LogP contribution < -0.4 is 9.64 Å². The van der Waals surface area contributed by atoms with Crippen LogP contribution in [0.1, 0.15) is 43.4 Å². The minimum atomic E-state index is -0.893. The Morgan fingerprint density at radius 2 is 1.71 bits per heavy atom. The van der Waals surface area contributed by atoms with Gasteiger partial charge in [0.25, 0.3) is 5.78 Å². The Labute approximate surface area is 234 Å². The number of aromatic nitrogens is 1. The number of ether oxygens (including phenoxy) is 1. The van der Waals surface area contributed by atoms with Crippen molar-refractivity contribution in [3.05, 3.63) is 93.5 Å².